The molecule has 0 atom stereocenters. The Labute approximate surface area is 148 Å². The third kappa shape index (κ3) is 3.33. The lowest BCUT2D eigenvalue weighted by atomic mass is 10.1. The number of anilines is 2. The Morgan fingerprint density at radius 3 is 2.52 bits per heavy atom. The van der Waals surface area contributed by atoms with E-state index >= 15 is 0 Å². The second kappa shape index (κ2) is 6.76. The van der Waals surface area contributed by atoms with Gasteiger partial charge in [-0.15, -0.1) is 0 Å². The van der Waals surface area contributed by atoms with Gasteiger partial charge in [-0.3, -0.25) is 9.69 Å². The number of rotatable bonds is 4. The van der Waals surface area contributed by atoms with Crippen molar-refractivity contribution in [1.82, 2.24) is 4.90 Å². The zero-order chi connectivity index (χ0) is 17.2. The molecule has 0 saturated carbocycles. The van der Waals surface area contributed by atoms with E-state index < -0.39 is 0 Å². The highest BCUT2D eigenvalue weighted by molar-refractivity contribution is 5.93. The first-order valence-corrected chi connectivity index (χ1v) is 8.92. The Hall–Kier alpha value is -2.53. The molecule has 2 heterocycles. The van der Waals surface area contributed by atoms with Crippen LogP contribution in [0.4, 0.5) is 11.4 Å². The molecule has 0 aromatic heterocycles. The molecule has 3 N–H and O–H groups in total. The van der Waals surface area contributed by atoms with Gasteiger partial charge in [-0.05, 0) is 41.8 Å². The first-order chi connectivity index (χ1) is 12.2. The van der Waals surface area contributed by atoms with Crippen LogP contribution in [0, 0.1) is 0 Å². The van der Waals surface area contributed by atoms with Crippen molar-refractivity contribution in [3.8, 4) is 0 Å². The van der Waals surface area contributed by atoms with Crippen molar-refractivity contribution in [3.05, 3.63) is 59.2 Å². The van der Waals surface area contributed by atoms with Gasteiger partial charge in [0.05, 0.1) is 0 Å². The highest BCUT2D eigenvalue weighted by Crippen LogP contribution is 2.28. The molecule has 5 nitrogen and oxygen atoms in total. The molecule has 0 bridgehead atoms. The quantitative estimate of drug-likeness (QED) is 0.897. The van der Waals surface area contributed by atoms with Crippen LogP contribution in [0.2, 0.25) is 0 Å². The summed E-state index contributed by atoms with van der Waals surface area (Å²) in [5.41, 5.74) is 11.2. The van der Waals surface area contributed by atoms with E-state index in [2.05, 4.69) is 33.3 Å². The normalized spacial score (nSPS) is 17.2. The summed E-state index contributed by atoms with van der Waals surface area (Å²) in [5, 5.41) is 3.53. The summed E-state index contributed by atoms with van der Waals surface area (Å²) < 4.78 is 0. The maximum atomic E-state index is 11.2. The molecule has 1 saturated heterocycles. The van der Waals surface area contributed by atoms with Crippen molar-refractivity contribution in [2.24, 2.45) is 5.73 Å². The molecule has 2 aliphatic rings. The van der Waals surface area contributed by atoms with E-state index in [1.807, 2.05) is 24.3 Å². The third-order valence-electron chi connectivity index (χ3n) is 5.22. The van der Waals surface area contributed by atoms with Crippen molar-refractivity contribution < 1.29 is 4.79 Å². The molecular weight excluding hydrogens is 312 g/mol. The summed E-state index contributed by atoms with van der Waals surface area (Å²) in [5.74, 6) is -0.375. The lowest BCUT2D eigenvalue weighted by Gasteiger charge is -2.36. The van der Waals surface area contributed by atoms with E-state index in [9.17, 15) is 4.79 Å². The fraction of sp³-hybridized carbons (Fsp3) is 0.350. The van der Waals surface area contributed by atoms with Crippen molar-refractivity contribution in [3.63, 3.8) is 0 Å². The summed E-state index contributed by atoms with van der Waals surface area (Å²) >= 11 is 0. The first-order valence-electron chi connectivity index (χ1n) is 8.92. The number of fused-ring (bicyclic) bond motifs is 1. The highest BCUT2D eigenvalue weighted by atomic mass is 16.1. The van der Waals surface area contributed by atoms with Crippen LogP contribution in [0.25, 0.3) is 0 Å². The molecule has 4 rings (SSSR count). The lowest BCUT2D eigenvalue weighted by molar-refractivity contribution is 0.100. The number of primary amides is 1. The van der Waals surface area contributed by atoms with E-state index in [0.29, 0.717) is 5.56 Å². The van der Waals surface area contributed by atoms with Gasteiger partial charge in [0.25, 0.3) is 0 Å². The van der Waals surface area contributed by atoms with Gasteiger partial charge in [-0.1, -0.05) is 18.2 Å². The van der Waals surface area contributed by atoms with Crippen LogP contribution in [0.15, 0.2) is 42.5 Å². The number of nitrogens with zero attached hydrogens (tertiary/aromatic N) is 2. The van der Waals surface area contributed by atoms with Crippen molar-refractivity contribution in [2.45, 2.75) is 13.0 Å². The molecule has 2 aromatic rings. The van der Waals surface area contributed by atoms with Gasteiger partial charge < -0.3 is 16.0 Å². The van der Waals surface area contributed by atoms with Gasteiger partial charge >= 0.3 is 0 Å². The zero-order valence-electron chi connectivity index (χ0n) is 14.4. The number of carbonyl (C=O) groups is 1. The van der Waals surface area contributed by atoms with E-state index in [1.165, 1.54) is 16.8 Å². The average molecular weight is 336 g/mol. The number of piperazine rings is 1. The minimum atomic E-state index is -0.375. The summed E-state index contributed by atoms with van der Waals surface area (Å²) in [6.07, 6.45) is 1.14. The molecule has 0 aliphatic carbocycles. The zero-order valence-corrected chi connectivity index (χ0v) is 14.4. The number of benzene rings is 2. The predicted octanol–water partition coefficient (Wildman–Crippen LogP) is 2.08. The lowest BCUT2D eigenvalue weighted by Crippen LogP contribution is -2.46. The van der Waals surface area contributed by atoms with Crippen LogP contribution < -0.4 is 16.0 Å². The third-order valence-corrected chi connectivity index (χ3v) is 5.22. The van der Waals surface area contributed by atoms with Gasteiger partial charge in [-0.2, -0.15) is 0 Å². The Morgan fingerprint density at radius 2 is 1.80 bits per heavy atom. The molecule has 2 aromatic carbocycles. The van der Waals surface area contributed by atoms with Crippen molar-refractivity contribution >= 4 is 17.3 Å². The second-order valence-corrected chi connectivity index (χ2v) is 6.80. The second-order valence-electron chi connectivity index (χ2n) is 6.80. The molecule has 2 aliphatic heterocycles. The van der Waals surface area contributed by atoms with Crippen LogP contribution in [0.5, 0.6) is 0 Å². The molecule has 1 amide bonds. The van der Waals surface area contributed by atoms with Crippen molar-refractivity contribution in [2.75, 3.05) is 42.9 Å². The minimum absolute atomic E-state index is 0.375. The summed E-state index contributed by atoms with van der Waals surface area (Å²) in [4.78, 5) is 16.1. The number of nitrogens with two attached hydrogens (primary N) is 1. The largest absolute Gasteiger partial charge is 0.384 e. The Balaban J connectivity index is 1.37. The monoisotopic (exact) mass is 336 g/mol. The van der Waals surface area contributed by atoms with E-state index in [1.54, 1.807) is 0 Å². The topological polar surface area (TPSA) is 61.6 Å². The number of amides is 1. The van der Waals surface area contributed by atoms with Crippen LogP contribution >= 0.6 is 0 Å². The van der Waals surface area contributed by atoms with Gasteiger partial charge in [0.15, 0.2) is 0 Å². The maximum absolute atomic E-state index is 11.2. The predicted molar refractivity (Wildman–Crippen MR) is 101 cm³/mol. The van der Waals surface area contributed by atoms with Gasteiger partial charge in [-0.25, -0.2) is 0 Å². The van der Waals surface area contributed by atoms with Gasteiger partial charge in [0.1, 0.15) is 0 Å². The fourth-order valence-corrected chi connectivity index (χ4v) is 3.78. The van der Waals surface area contributed by atoms with Crippen LogP contribution in [-0.4, -0.2) is 43.5 Å². The van der Waals surface area contributed by atoms with Crippen molar-refractivity contribution in [1.29, 1.82) is 0 Å². The smallest absolute Gasteiger partial charge is 0.248 e. The summed E-state index contributed by atoms with van der Waals surface area (Å²) in [6, 6.07) is 14.2. The number of nitrogens with one attached hydrogen (secondary N) is 1. The molecule has 0 unspecified atom stereocenters. The standard InChI is InChI=1S/C20H24N4O/c21-20(25)16-4-6-18(7-5-16)24-12-10-23(11-13-24)14-17-3-1-2-15-8-9-22-19(15)17/h1-7,22H,8-14H2,(H2,21,25). The van der Waals surface area contributed by atoms with Crippen LogP contribution in [-0.2, 0) is 13.0 Å². The molecule has 0 radical (unpaired) electrons. The Kier molecular flexibility index (Phi) is 4.32. The fourth-order valence-electron chi connectivity index (χ4n) is 3.78. The molecular formula is C20H24N4O. The van der Waals surface area contributed by atoms with Crippen LogP contribution in [0.3, 0.4) is 0 Å². The van der Waals surface area contributed by atoms with Crippen LogP contribution in [0.1, 0.15) is 21.5 Å². The SMILES string of the molecule is NC(=O)c1ccc(N2CCN(Cc3cccc4c3NCC4)CC2)cc1. The van der Waals surface area contributed by atoms with E-state index in [0.717, 1.165) is 51.4 Å². The molecule has 25 heavy (non-hydrogen) atoms. The summed E-state index contributed by atoms with van der Waals surface area (Å²) in [6.45, 7) is 6.14. The average Bonchev–Trinajstić information content (AvgIpc) is 3.12. The number of para-hydroxylation sites is 1. The molecule has 1 fully saturated rings. The Bertz CT molecular complexity index is 764. The minimum Gasteiger partial charge on any atom is -0.384 e. The number of carbonyl (C=O) groups excluding carboxylic acids is 1. The number of hydrogen-bond donors (Lipinski definition) is 2. The van der Waals surface area contributed by atoms with Gasteiger partial charge in [0.2, 0.25) is 5.91 Å². The summed E-state index contributed by atoms with van der Waals surface area (Å²) in [7, 11) is 0. The van der Waals surface area contributed by atoms with E-state index in [4.69, 9.17) is 5.73 Å². The molecule has 5 heteroatoms. The molecule has 130 valence electrons. The maximum Gasteiger partial charge on any atom is 0.248 e. The molecule has 0 spiro atoms. The van der Waals surface area contributed by atoms with Gasteiger partial charge in [0, 0.05) is 56.2 Å². The Morgan fingerprint density at radius 1 is 1.04 bits per heavy atom. The van der Waals surface area contributed by atoms with E-state index in [-0.39, 0.29) is 5.91 Å². The highest BCUT2D eigenvalue weighted by Gasteiger charge is 2.20. The number of hydrogen-bond acceptors (Lipinski definition) is 4. The first kappa shape index (κ1) is 16.0.